The lowest BCUT2D eigenvalue weighted by molar-refractivity contribution is -0.0448. The summed E-state index contributed by atoms with van der Waals surface area (Å²) >= 11 is 0. The molecule has 2 saturated heterocycles. The highest BCUT2D eigenvalue weighted by Gasteiger charge is 2.47. The third-order valence-electron chi connectivity index (χ3n) is 3.56. The normalized spacial score (nSPS) is 22.6. The highest BCUT2D eigenvalue weighted by atomic mass is 16.5. The standard InChI is InChI=1S/C12H17N3O/c1-16-11-10(3-2-4-14-11)5-15-8-12(9-15)6-13-7-12/h2-4,13H,5-9H2,1H3. The fourth-order valence-electron chi connectivity index (χ4n) is 2.69. The van der Waals surface area contributed by atoms with E-state index in [2.05, 4.69) is 21.3 Å². The summed E-state index contributed by atoms with van der Waals surface area (Å²) in [6.45, 7) is 5.75. The van der Waals surface area contributed by atoms with Crippen molar-refractivity contribution in [3.05, 3.63) is 23.9 Å². The molecule has 0 saturated carbocycles. The van der Waals surface area contributed by atoms with Crippen LogP contribution in [0.1, 0.15) is 5.56 Å². The second-order valence-electron chi connectivity index (χ2n) is 4.92. The van der Waals surface area contributed by atoms with Crippen LogP contribution in [-0.2, 0) is 6.54 Å². The Kier molecular flexibility index (Phi) is 2.33. The average Bonchev–Trinajstić information content (AvgIpc) is 2.20. The lowest BCUT2D eigenvalue weighted by Crippen LogP contribution is -2.70. The fraction of sp³-hybridized carbons (Fsp3) is 0.583. The van der Waals surface area contributed by atoms with E-state index in [0.717, 1.165) is 12.4 Å². The highest BCUT2D eigenvalue weighted by Crippen LogP contribution is 2.35. The Bertz CT molecular complexity index is 382. The largest absolute Gasteiger partial charge is 0.481 e. The van der Waals surface area contributed by atoms with Gasteiger partial charge in [0, 0.05) is 49.9 Å². The Morgan fingerprint density at radius 2 is 2.31 bits per heavy atom. The topological polar surface area (TPSA) is 37.4 Å². The van der Waals surface area contributed by atoms with Crippen LogP contribution in [0.4, 0.5) is 0 Å². The van der Waals surface area contributed by atoms with E-state index < -0.39 is 0 Å². The first-order valence-electron chi connectivity index (χ1n) is 5.72. The van der Waals surface area contributed by atoms with Crippen molar-refractivity contribution >= 4 is 0 Å². The quantitative estimate of drug-likeness (QED) is 0.803. The SMILES string of the molecule is COc1ncccc1CN1CC2(CNC2)C1. The number of likely N-dealkylation sites (tertiary alicyclic amines) is 1. The summed E-state index contributed by atoms with van der Waals surface area (Å²) in [6, 6.07) is 4.06. The van der Waals surface area contributed by atoms with E-state index in [0.29, 0.717) is 5.41 Å². The number of nitrogens with one attached hydrogen (secondary N) is 1. The van der Waals surface area contributed by atoms with Gasteiger partial charge in [-0.1, -0.05) is 6.07 Å². The molecule has 0 unspecified atom stereocenters. The van der Waals surface area contributed by atoms with Crippen LogP contribution < -0.4 is 10.1 Å². The number of methoxy groups -OCH3 is 1. The molecular formula is C12H17N3O. The molecule has 2 aliphatic rings. The predicted octanol–water partition coefficient (Wildman–Crippen LogP) is 0.495. The second-order valence-corrected chi connectivity index (χ2v) is 4.92. The molecule has 16 heavy (non-hydrogen) atoms. The zero-order valence-electron chi connectivity index (χ0n) is 9.57. The summed E-state index contributed by atoms with van der Waals surface area (Å²) in [5.74, 6) is 0.759. The van der Waals surface area contributed by atoms with Crippen LogP contribution in [-0.4, -0.2) is 43.2 Å². The summed E-state index contributed by atoms with van der Waals surface area (Å²) in [5, 5.41) is 3.35. The van der Waals surface area contributed by atoms with E-state index in [9.17, 15) is 0 Å². The van der Waals surface area contributed by atoms with Crippen molar-refractivity contribution in [2.24, 2.45) is 5.41 Å². The number of hydrogen-bond donors (Lipinski definition) is 1. The average molecular weight is 219 g/mol. The Morgan fingerprint density at radius 1 is 1.50 bits per heavy atom. The molecule has 2 aliphatic heterocycles. The molecule has 4 heteroatoms. The molecule has 1 spiro atoms. The number of nitrogens with zero attached hydrogens (tertiary/aromatic N) is 2. The Hall–Kier alpha value is -1.13. The zero-order valence-corrected chi connectivity index (χ0v) is 9.57. The Balaban J connectivity index is 1.62. The minimum atomic E-state index is 0.593. The number of aromatic nitrogens is 1. The molecular weight excluding hydrogens is 202 g/mol. The molecule has 3 heterocycles. The Labute approximate surface area is 95.6 Å². The molecule has 1 N–H and O–H groups in total. The number of pyridine rings is 1. The Morgan fingerprint density at radius 3 is 2.94 bits per heavy atom. The van der Waals surface area contributed by atoms with E-state index in [-0.39, 0.29) is 0 Å². The third kappa shape index (κ3) is 1.58. The number of rotatable bonds is 3. The first kappa shape index (κ1) is 10.1. The monoisotopic (exact) mass is 219 g/mol. The van der Waals surface area contributed by atoms with Crippen molar-refractivity contribution in [3.63, 3.8) is 0 Å². The molecule has 2 fully saturated rings. The van der Waals surface area contributed by atoms with Gasteiger partial charge in [-0.25, -0.2) is 4.98 Å². The smallest absolute Gasteiger partial charge is 0.217 e. The summed E-state index contributed by atoms with van der Waals surface area (Å²) < 4.78 is 5.26. The van der Waals surface area contributed by atoms with Gasteiger partial charge in [0.05, 0.1) is 7.11 Å². The molecule has 0 amide bonds. The number of hydrogen-bond acceptors (Lipinski definition) is 4. The molecule has 0 atom stereocenters. The predicted molar refractivity (Wildman–Crippen MR) is 61.4 cm³/mol. The highest BCUT2D eigenvalue weighted by molar-refractivity contribution is 5.25. The minimum absolute atomic E-state index is 0.593. The fourth-order valence-corrected chi connectivity index (χ4v) is 2.69. The lowest BCUT2D eigenvalue weighted by atomic mass is 9.74. The van der Waals surface area contributed by atoms with Crippen LogP contribution in [0.3, 0.4) is 0 Å². The van der Waals surface area contributed by atoms with E-state index in [4.69, 9.17) is 4.74 Å². The van der Waals surface area contributed by atoms with Crippen molar-refractivity contribution in [2.75, 3.05) is 33.3 Å². The molecule has 4 nitrogen and oxygen atoms in total. The van der Waals surface area contributed by atoms with Gasteiger partial charge in [-0.05, 0) is 6.07 Å². The maximum absolute atomic E-state index is 5.26. The van der Waals surface area contributed by atoms with Gasteiger partial charge in [0.2, 0.25) is 5.88 Å². The molecule has 0 aliphatic carbocycles. The molecule has 86 valence electrons. The molecule has 1 aromatic heterocycles. The van der Waals surface area contributed by atoms with E-state index in [1.165, 1.54) is 31.7 Å². The summed E-state index contributed by atoms with van der Waals surface area (Å²) in [6.07, 6.45) is 1.77. The van der Waals surface area contributed by atoms with Gasteiger partial charge in [-0.2, -0.15) is 0 Å². The van der Waals surface area contributed by atoms with Gasteiger partial charge < -0.3 is 10.1 Å². The van der Waals surface area contributed by atoms with Crippen LogP contribution in [0.2, 0.25) is 0 Å². The van der Waals surface area contributed by atoms with Crippen molar-refractivity contribution < 1.29 is 4.74 Å². The van der Waals surface area contributed by atoms with Crippen molar-refractivity contribution in [1.29, 1.82) is 0 Å². The maximum Gasteiger partial charge on any atom is 0.217 e. The van der Waals surface area contributed by atoms with Crippen molar-refractivity contribution in [2.45, 2.75) is 6.54 Å². The first-order valence-corrected chi connectivity index (χ1v) is 5.72. The van der Waals surface area contributed by atoms with Gasteiger partial charge in [0.25, 0.3) is 0 Å². The summed E-state index contributed by atoms with van der Waals surface area (Å²) in [5.41, 5.74) is 1.78. The van der Waals surface area contributed by atoms with E-state index in [1.54, 1.807) is 13.3 Å². The molecule has 0 aromatic carbocycles. The van der Waals surface area contributed by atoms with Gasteiger partial charge in [0.1, 0.15) is 0 Å². The molecule has 0 radical (unpaired) electrons. The van der Waals surface area contributed by atoms with Crippen molar-refractivity contribution in [3.8, 4) is 5.88 Å². The van der Waals surface area contributed by atoms with Gasteiger partial charge in [-0.3, -0.25) is 4.90 Å². The second kappa shape index (κ2) is 3.71. The molecule has 1 aromatic rings. The summed E-state index contributed by atoms with van der Waals surface area (Å²) in [7, 11) is 1.68. The third-order valence-corrected chi connectivity index (χ3v) is 3.56. The minimum Gasteiger partial charge on any atom is -0.481 e. The van der Waals surface area contributed by atoms with Gasteiger partial charge in [-0.15, -0.1) is 0 Å². The van der Waals surface area contributed by atoms with Crippen molar-refractivity contribution in [1.82, 2.24) is 15.2 Å². The van der Waals surface area contributed by atoms with E-state index in [1.807, 2.05) is 6.07 Å². The molecule has 0 bridgehead atoms. The van der Waals surface area contributed by atoms with E-state index >= 15 is 0 Å². The summed E-state index contributed by atoms with van der Waals surface area (Å²) in [4.78, 5) is 6.68. The number of ether oxygens (including phenoxy) is 1. The maximum atomic E-state index is 5.26. The zero-order chi connectivity index (χ0) is 11.0. The lowest BCUT2D eigenvalue weighted by Gasteiger charge is -2.56. The van der Waals surface area contributed by atoms with Crippen LogP contribution in [0, 0.1) is 5.41 Å². The van der Waals surface area contributed by atoms with Gasteiger partial charge >= 0.3 is 0 Å². The van der Waals surface area contributed by atoms with Crippen LogP contribution >= 0.6 is 0 Å². The van der Waals surface area contributed by atoms with Crippen LogP contribution in [0.5, 0.6) is 5.88 Å². The van der Waals surface area contributed by atoms with Crippen LogP contribution in [0.15, 0.2) is 18.3 Å². The first-order chi connectivity index (χ1) is 7.81. The van der Waals surface area contributed by atoms with Crippen LogP contribution in [0.25, 0.3) is 0 Å². The van der Waals surface area contributed by atoms with Gasteiger partial charge in [0.15, 0.2) is 0 Å². The molecule has 3 rings (SSSR count).